The zero-order valence-electron chi connectivity index (χ0n) is 16.9. The molecule has 0 unspecified atom stereocenters. The molecule has 2 aromatic carbocycles. The minimum atomic E-state index is 0.165. The van der Waals surface area contributed by atoms with Crippen molar-refractivity contribution in [3.05, 3.63) is 71.8 Å². The van der Waals surface area contributed by atoms with E-state index in [0.717, 1.165) is 19.5 Å². The van der Waals surface area contributed by atoms with Crippen LogP contribution in [0.1, 0.15) is 43.7 Å². The van der Waals surface area contributed by atoms with Gasteiger partial charge in [0.1, 0.15) is 0 Å². The van der Waals surface area contributed by atoms with Gasteiger partial charge in [0.05, 0.1) is 0 Å². The smallest absolute Gasteiger partial charge is 0.222 e. The molecule has 1 aliphatic heterocycles. The highest BCUT2D eigenvalue weighted by atomic mass is 32.1. The molecule has 1 heterocycles. The van der Waals surface area contributed by atoms with Gasteiger partial charge >= 0.3 is 0 Å². The molecule has 28 heavy (non-hydrogen) atoms. The van der Waals surface area contributed by atoms with Crippen molar-refractivity contribution in [2.24, 2.45) is 5.92 Å². The first kappa shape index (κ1) is 20.9. The van der Waals surface area contributed by atoms with Gasteiger partial charge in [0, 0.05) is 36.7 Å². The predicted octanol–water partition coefficient (Wildman–Crippen LogP) is 4.35. The molecule has 150 valence electrons. The third-order valence-electron chi connectivity index (χ3n) is 5.47. The average molecular weight is 397 g/mol. The van der Waals surface area contributed by atoms with Crippen LogP contribution in [-0.4, -0.2) is 41.7 Å². The second-order valence-corrected chi connectivity index (χ2v) is 8.85. The summed E-state index contributed by atoms with van der Waals surface area (Å²) in [6, 6.07) is 21.3. The number of carbonyl (C=O) groups is 1. The SMILES string of the molecule is CC(C)CC(=O)N(CC(c1ccccc1)c1ccccc1)C[C@@H]1NCC[C@@H]1S. The lowest BCUT2D eigenvalue weighted by Crippen LogP contribution is -2.46. The number of hydrogen-bond donors (Lipinski definition) is 2. The van der Waals surface area contributed by atoms with Crippen LogP contribution in [0.4, 0.5) is 0 Å². The summed E-state index contributed by atoms with van der Waals surface area (Å²) in [5, 5.41) is 3.83. The molecule has 0 saturated carbocycles. The number of amides is 1. The Kier molecular flexibility index (Phi) is 7.57. The van der Waals surface area contributed by atoms with E-state index in [1.165, 1.54) is 11.1 Å². The summed E-state index contributed by atoms with van der Waals surface area (Å²) in [6.45, 7) is 6.61. The fourth-order valence-electron chi connectivity index (χ4n) is 3.93. The monoisotopic (exact) mass is 396 g/mol. The number of hydrogen-bond acceptors (Lipinski definition) is 3. The Morgan fingerprint density at radius 1 is 1.07 bits per heavy atom. The molecule has 1 saturated heterocycles. The Hall–Kier alpha value is -1.78. The van der Waals surface area contributed by atoms with Crippen molar-refractivity contribution < 1.29 is 4.79 Å². The van der Waals surface area contributed by atoms with Crippen molar-refractivity contribution in [3.63, 3.8) is 0 Å². The number of rotatable bonds is 8. The standard InChI is InChI=1S/C24H32N2OS/c1-18(2)15-24(27)26(17-22-23(28)13-14-25-22)16-21(19-9-5-3-6-10-19)20-11-7-4-8-12-20/h3-12,18,21-23,25,28H,13-17H2,1-2H3/t22-,23-/m0/s1. The molecule has 0 bridgehead atoms. The fourth-order valence-corrected chi connectivity index (χ4v) is 4.26. The normalized spacial score (nSPS) is 19.3. The molecule has 2 atom stereocenters. The Morgan fingerprint density at radius 2 is 1.64 bits per heavy atom. The van der Waals surface area contributed by atoms with Gasteiger partial charge in [-0.15, -0.1) is 0 Å². The minimum absolute atomic E-state index is 0.165. The van der Waals surface area contributed by atoms with E-state index >= 15 is 0 Å². The van der Waals surface area contributed by atoms with Crippen molar-refractivity contribution in [1.29, 1.82) is 0 Å². The van der Waals surface area contributed by atoms with Crippen LogP contribution in [0, 0.1) is 5.92 Å². The summed E-state index contributed by atoms with van der Waals surface area (Å²) in [6.07, 6.45) is 1.64. The first-order valence-corrected chi connectivity index (χ1v) is 10.9. The van der Waals surface area contributed by atoms with Crippen molar-refractivity contribution in [1.82, 2.24) is 10.2 Å². The van der Waals surface area contributed by atoms with Gasteiger partial charge in [-0.3, -0.25) is 4.79 Å². The van der Waals surface area contributed by atoms with Crippen molar-refractivity contribution >= 4 is 18.5 Å². The summed E-state index contributed by atoms with van der Waals surface area (Å²) < 4.78 is 0. The Labute approximate surface area is 174 Å². The molecule has 2 aromatic rings. The van der Waals surface area contributed by atoms with Gasteiger partial charge < -0.3 is 10.2 Å². The molecule has 0 spiro atoms. The maximum atomic E-state index is 13.1. The van der Waals surface area contributed by atoms with E-state index in [1.807, 2.05) is 12.1 Å². The summed E-state index contributed by atoms with van der Waals surface area (Å²) in [4.78, 5) is 15.2. The summed E-state index contributed by atoms with van der Waals surface area (Å²) in [5.41, 5.74) is 2.50. The zero-order valence-corrected chi connectivity index (χ0v) is 17.8. The quantitative estimate of drug-likeness (QED) is 0.650. The van der Waals surface area contributed by atoms with Crippen molar-refractivity contribution in [3.8, 4) is 0 Å². The highest BCUT2D eigenvalue weighted by molar-refractivity contribution is 7.81. The minimum Gasteiger partial charge on any atom is -0.340 e. The van der Waals surface area contributed by atoms with E-state index in [2.05, 4.69) is 72.6 Å². The maximum absolute atomic E-state index is 13.1. The van der Waals surface area contributed by atoms with E-state index in [-0.39, 0.29) is 17.9 Å². The zero-order chi connectivity index (χ0) is 19.9. The van der Waals surface area contributed by atoms with Gasteiger partial charge in [0.25, 0.3) is 0 Å². The summed E-state index contributed by atoms with van der Waals surface area (Å²) in [7, 11) is 0. The van der Waals surface area contributed by atoms with Gasteiger partial charge in [-0.1, -0.05) is 74.5 Å². The van der Waals surface area contributed by atoms with Crippen LogP contribution in [0.25, 0.3) is 0 Å². The van der Waals surface area contributed by atoms with Crippen LogP contribution in [-0.2, 0) is 4.79 Å². The molecular formula is C24H32N2OS. The second kappa shape index (κ2) is 10.1. The van der Waals surface area contributed by atoms with Gasteiger partial charge in [-0.2, -0.15) is 12.6 Å². The van der Waals surface area contributed by atoms with Crippen LogP contribution in [0.2, 0.25) is 0 Å². The summed E-state index contributed by atoms with van der Waals surface area (Å²) in [5.74, 6) is 0.754. The molecule has 1 N–H and O–H groups in total. The Balaban J connectivity index is 1.86. The largest absolute Gasteiger partial charge is 0.340 e. The number of nitrogens with one attached hydrogen (secondary N) is 1. The third kappa shape index (κ3) is 5.62. The molecule has 1 fully saturated rings. The second-order valence-electron chi connectivity index (χ2n) is 8.19. The van der Waals surface area contributed by atoms with Gasteiger partial charge in [0.2, 0.25) is 5.91 Å². The lowest BCUT2D eigenvalue weighted by atomic mass is 9.90. The topological polar surface area (TPSA) is 32.3 Å². The lowest BCUT2D eigenvalue weighted by Gasteiger charge is -2.32. The van der Waals surface area contributed by atoms with E-state index in [1.54, 1.807) is 0 Å². The molecular weight excluding hydrogens is 364 g/mol. The Morgan fingerprint density at radius 3 is 2.11 bits per heavy atom. The lowest BCUT2D eigenvalue weighted by molar-refractivity contribution is -0.132. The molecule has 1 aliphatic rings. The van der Waals surface area contributed by atoms with Crippen LogP contribution in [0.5, 0.6) is 0 Å². The third-order valence-corrected chi connectivity index (χ3v) is 6.09. The molecule has 0 aromatic heterocycles. The van der Waals surface area contributed by atoms with E-state index in [0.29, 0.717) is 24.1 Å². The van der Waals surface area contributed by atoms with Crippen LogP contribution in [0.15, 0.2) is 60.7 Å². The van der Waals surface area contributed by atoms with Gasteiger partial charge in [0.15, 0.2) is 0 Å². The van der Waals surface area contributed by atoms with Gasteiger partial charge in [-0.25, -0.2) is 0 Å². The van der Waals surface area contributed by atoms with E-state index in [9.17, 15) is 4.79 Å². The highest BCUT2D eigenvalue weighted by Crippen LogP contribution is 2.27. The average Bonchev–Trinajstić information content (AvgIpc) is 3.10. The first-order valence-electron chi connectivity index (χ1n) is 10.3. The van der Waals surface area contributed by atoms with Crippen LogP contribution in [0.3, 0.4) is 0 Å². The molecule has 3 rings (SSSR count). The number of thiol groups is 1. The molecule has 1 amide bonds. The molecule has 4 heteroatoms. The number of nitrogens with zero attached hydrogens (tertiary/aromatic N) is 1. The first-order chi connectivity index (χ1) is 13.5. The number of benzene rings is 2. The molecule has 3 nitrogen and oxygen atoms in total. The fraction of sp³-hybridized carbons (Fsp3) is 0.458. The van der Waals surface area contributed by atoms with Crippen LogP contribution < -0.4 is 5.32 Å². The van der Waals surface area contributed by atoms with Crippen molar-refractivity contribution in [2.75, 3.05) is 19.6 Å². The maximum Gasteiger partial charge on any atom is 0.222 e. The molecule has 0 aliphatic carbocycles. The van der Waals surface area contributed by atoms with Crippen molar-refractivity contribution in [2.45, 2.75) is 43.9 Å². The molecule has 0 radical (unpaired) electrons. The highest BCUT2D eigenvalue weighted by Gasteiger charge is 2.29. The van der Waals surface area contributed by atoms with Crippen LogP contribution >= 0.6 is 12.6 Å². The summed E-state index contributed by atoms with van der Waals surface area (Å²) >= 11 is 4.73. The van der Waals surface area contributed by atoms with E-state index < -0.39 is 0 Å². The van der Waals surface area contributed by atoms with Gasteiger partial charge in [-0.05, 0) is 30.0 Å². The van der Waals surface area contributed by atoms with E-state index in [4.69, 9.17) is 12.6 Å². The Bertz CT molecular complexity index is 695. The predicted molar refractivity (Wildman–Crippen MR) is 120 cm³/mol. The number of carbonyl (C=O) groups excluding carboxylic acids is 1.